The molecular formula is C16H9BrF3NO3S. The SMILES string of the molecule is O=Cc1nc2c(OCc3ccc(OC(F)(F)F)cc3)c(Br)ccc2s1. The lowest BCUT2D eigenvalue weighted by Crippen LogP contribution is -2.17. The maximum atomic E-state index is 12.2. The smallest absolute Gasteiger partial charge is 0.485 e. The summed E-state index contributed by atoms with van der Waals surface area (Å²) in [6.07, 6.45) is -4.05. The minimum absolute atomic E-state index is 0.123. The summed E-state index contributed by atoms with van der Waals surface area (Å²) in [6, 6.07) is 9.00. The van der Waals surface area contributed by atoms with E-state index in [9.17, 15) is 18.0 Å². The summed E-state index contributed by atoms with van der Waals surface area (Å²) in [4.78, 5) is 15.1. The van der Waals surface area contributed by atoms with Gasteiger partial charge in [-0.2, -0.15) is 0 Å². The largest absolute Gasteiger partial charge is 0.573 e. The van der Waals surface area contributed by atoms with Crippen LogP contribution >= 0.6 is 27.3 Å². The van der Waals surface area contributed by atoms with Gasteiger partial charge in [-0.05, 0) is 45.8 Å². The molecular weight excluding hydrogens is 423 g/mol. The maximum Gasteiger partial charge on any atom is 0.573 e. The van der Waals surface area contributed by atoms with Gasteiger partial charge in [0.2, 0.25) is 0 Å². The first-order valence-electron chi connectivity index (χ1n) is 6.87. The van der Waals surface area contributed by atoms with E-state index in [1.165, 1.54) is 35.6 Å². The van der Waals surface area contributed by atoms with Crippen molar-refractivity contribution in [3.63, 3.8) is 0 Å². The molecule has 3 aromatic rings. The number of aldehydes is 1. The fourth-order valence-electron chi connectivity index (χ4n) is 2.09. The zero-order valence-electron chi connectivity index (χ0n) is 12.3. The maximum absolute atomic E-state index is 12.2. The van der Waals surface area contributed by atoms with Gasteiger partial charge in [-0.1, -0.05) is 12.1 Å². The molecule has 0 spiro atoms. The quantitative estimate of drug-likeness (QED) is 0.511. The van der Waals surface area contributed by atoms with Gasteiger partial charge >= 0.3 is 6.36 Å². The van der Waals surface area contributed by atoms with Gasteiger partial charge in [0.15, 0.2) is 17.0 Å². The van der Waals surface area contributed by atoms with Gasteiger partial charge in [-0.25, -0.2) is 4.98 Å². The number of halogens is 4. The van der Waals surface area contributed by atoms with Gasteiger partial charge in [-0.15, -0.1) is 24.5 Å². The van der Waals surface area contributed by atoms with E-state index >= 15 is 0 Å². The van der Waals surface area contributed by atoms with E-state index in [0.29, 0.717) is 32.6 Å². The highest BCUT2D eigenvalue weighted by Gasteiger charge is 2.30. The van der Waals surface area contributed by atoms with Gasteiger partial charge in [0.05, 0.1) is 9.17 Å². The molecule has 1 aromatic heterocycles. The fourth-order valence-corrected chi connectivity index (χ4v) is 3.31. The number of alkyl halides is 3. The summed E-state index contributed by atoms with van der Waals surface area (Å²) in [5, 5.41) is 0.339. The fraction of sp³-hybridized carbons (Fsp3) is 0.125. The van der Waals surface area contributed by atoms with Crippen LogP contribution in [0.15, 0.2) is 40.9 Å². The highest BCUT2D eigenvalue weighted by molar-refractivity contribution is 9.10. The molecule has 4 nitrogen and oxygen atoms in total. The summed E-state index contributed by atoms with van der Waals surface area (Å²) in [6.45, 7) is 0.123. The second kappa shape index (κ2) is 7.01. The molecule has 0 fully saturated rings. The van der Waals surface area contributed by atoms with Crippen molar-refractivity contribution in [1.82, 2.24) is 4.98 Å². The van der Waals surface area contributed by atoms with Crippen LogP contribution < -0.4 is 9.47 Å². The van der Waals surface area contributed by atoms with Crippen molar-refractivity contribution >= 4 is 43.8 Å². The Hall–Kier alpha value is -2.13. The molecule has 0 aliphatic carbocycles. The molecule has 3 rings (SSSR count). The van der Waals surface area contributed by atoms with Crippen molar-refractivity contribution in [1.29, 1.82) is 0 Å². The third-order valence-electron chi connectivity index (χ3n) is 3.12. The monoisotopic (exact) mass is 431 g/mol. The summed E-state index contributed by atoms with van der Waals surface area (Å²) >= 11 is 4.62. The zero-order valence-corrected chi connectivity index (χ0v) is 14.7. The average Bonchev–Trinajstić information content (AvgIpc) is 2.97. The van der Waals surface area contributed by atoms with Gasteiger partial charge in [-0.3, -0.25) is 4.79 Å². The molecule has 0 saturated carbocycles. The van der Waals surface area contributed by atoms with E-state index in [1.54, 1.807) is 6.07 Å². The molecule has 2 aromatic carbocycles. The summed E-state index contributed by atoms with van der Waals surface area (Å²) in [7, 11) is 0. The molecule has 0 atom stereocenters. The highest BCUT2D eigenvalue weighted by atomic mass is 79.9. The molecule has 0 aliphatic heterocycles. The molecule has 1 heterocycles. The molecule has 9 heteroatoms. The van der Waals surface area contributed by atoms with E-state index in [-0.39, 0.29) is 12.4 Å². The minimum Gasteiger partial charge on any atom is -0.485 e. The molecule has 0 N–H and O–H groups in total. The number of aromatic nitrogens is 1. The molecule has 130 valence electrons. The molecule has 25 heavy (non-hydrogen) atoms. The van der Waals surface area contributed by atoms with E-state index in [0.717, 1.165) is 4.70 Å². The van der Waals surface area contributed by atoms with Crippen LogP contribution in [0.2, 0.25) is 0 Å². The molecule has 0 amide bonds. The van der Waals surface area contributed by atoms with Crippen LogP contribution in [0.25, 0.3) is 10.2 Å². The number of nitrogens with zero attached hydrogens (tertiary/aromatic N) is 1. The van der Waals surface area contributed by atoms with Crippen LogP contribution in [0, 0.1) is 0 Å². The van der Waals surface area contributed by atoms with Crippen LogP contribution in [0.5, 0.6) is 11.5 Å². The van der Waals surface area contributed by atoms with Crippen LogP contribution in [0.3, 0.4) is 0 Å². The third kappa shape index (κ3) is 4.29. The first kappa shape index (κ1) is 17.7. The normalized spacial score (nSPS) is 11.5. The van der Waals surface area contributed by atoms with Gasteiger partial charge < -0.3 is 9.47 Å². The van der Waals surface area contributed by atoms with E-state index in [2.05, 4.69) is 25.7 Å². The van der Waals surface area contributed by atoms with Gasteiger partial charge in [0.1, 0.15) is 17.9 Å². The van der Waals surface area contributed by atoms with E-state index < -0.39 is 6.36 Å². The Morgan fingerprint density at radius 2 is 1.88 bits per heavy atom. The Bertz CT molecular complexity index is 909. The topological polar surface area (TPSA) is 48.4 Å². The van der Waals surface area contributed by atoms with Crippen molar-refractivity contribution in [3.8, 4) is 11.5 Å². The number of thiazole rings is 1. The Morgan fingerprint density at radius 3 is 2.52 bits per heavy atom. The number of rotatable bonds is 5. The Labute approximate surface area is 152 Å². The van der Waals surface area contributed by atoms with Gasteiger partial charge in [0, 0.05) is 0 Å². The second-order valence-electron chi connectivity index (χ2n) is 4.87. The Morgan fingerprint density at radius 1 is 1.16 bits per heavy atom. The number of ether oxygens (including phenoxy) is 2. The lowest BCUT2D eigenvalue weighted by Gasteiger charge is -2.11. The van der Waals surface area contributed by atoms with Crippen molar-refractivity contribution in [3.05, 3.63) is 51.4 Å². The summed E-state index contributed by atoms with van der Waals surface area (Å²) in [5.74, 6) is 0.173. The minimum atomic E-state index is -4.72. The Kier molecular flexibility index (Phi) is 4.96. The molecule has 0 bridgehead atoms. The van der Waals surface area contributed by atoms with Crippen LogP contribution in [-0.4, -0.2) is 17.6 Å². The summed E-state index contributed by atoms with van der Waals surface area (Å²) in [5.41, 5.74) is 1.21. The summed E-state index contributed by atoms with van der Waals surface area (Å²) < 4.78 is 47.5. The highest BCUT2D eigenvalue weighted by Crippen LogP contribution is 2.36. The molecule has 0 radical (unpaired) electrons. The van der Waals surface area contributed by atoms with Crippen LogP contribution in [0.4, 0.5) is 13.2 Å². The zero-order chi connectivity index (χ0) is 18.0. The van der Waals surface area contributed by atoms with Crippen LogP contribution in [0.1, 0.15) is 15.4 Å². The van der Waals surface area contributed by atoms with Crippen molar-refractivity contribution in [2.45, 2.75) is 13.0 Å². The second-order valence-corrected chi connectivity index (χ2v) is 6.79. The molecule has 0 aliphatic rings. The number of fused-ring (bicyclic) bond motifs is 1. The van der Waals surface area contributed by atoms with Crippen molar-refractivity contribution < 1.29 is 27.4 Å². The average molecular weight is 432 g/mol. The number of hydrogen-bond acceptors (Lipinski definition) is 5. The number of carbonyl (C=O) groups excluding carboxylic acids is 1. The van der Waals surface area contributed by atoms with Crippen molar-refractivity contribution in [2.75, 3.05) is 0 Å². The predicted octanol–water partition coefficient (Wildman–Crippen LogP) is 5.35. The lowest BCUT2D eigenvalue weighted by molar-refractivity contribution is -0.274. The van der Waals surface area contributed by atoms with E-state index in [4.69, 9.17) is 4.74 Å². The van der Waals surface area contributed by atoms with Gasteiger partial charge in [0.25, 0.3) is 0 Å². The third-order valence-corrected chi connectivity index (χ3v) is 4.69. The standard InChI is InChI=1S/C16H9BrF3NO3S/c17-11-5-6-12-14(21-13(7-22)25-12)15(11)23-8-9-1-3-10(4-2-9)24-16(18,19)20/h1-7H,8H2. The number of carbonyl (C=O) groups is 1. The number of benzene rings is 2. The molecule has 0 unspecified atom stereocenters. The van der Waals surface area contributed by atoms with E-state index in [1.807, 2.05) is 6.07 Å². The predicted molar refractivity (Wildman–Crippen MR) is 90.2 cm³/mol. The molecule has 0 saturated heterocycles. The van der Waals surface area contributed by atoms with Crippen molar-refractivity contribution in [2.24, 2.45) is 0 Å². The first-order valence-corrected chi connectivity index (χ1v) is 8.48. The first-order chi connectivity index (χ1) is 11.9. The van der Waals surface area contributed by atoms with Crippen LogP contribution in [-0.2, 0) is 6.61 Å². The number of hydrogen-bond donors (Lipinski definition) is 0. The Balaban J connectivity index is 1.77. The lowest BCUT2D eigenvalue weighted by atomic mass is 10.2.